The van der Waals surface area contributed by atoms with E-state index in [-0.39, 0.29) is 5.56 Å². The van der Waals surface area contributed by atoms with Gasteiger partial charge in [0.15, 0.2) is 0 Å². The molecule has 0 radical (unpaired) electrons. The normalized spacial score (nSPS) is 14.2. The first-order valence-electron chi connectivity index (χ1n) is 12.9. The smallest absolute Gasteiger partial charge is 0.272 e. The lowest BCUT2D eigenvalue weighted by atomic mass is 9.78. The first-order valence-corrected chi connectivity index (χ1v) is 12.9. The van der Waals surface area contributed by atoms with E-state index in [0.717, 1.165) is 23.9 Å². The Morgan fingerprint density at radius 1 is 0.865 bits per heavy atom. The van der Waals surface area contributed by atoms with Crippen LogP contribution in [0, 0.1) is 0 Å². The van der Waals surface area contributed by atoms with E-state index in [4.69, 9.17) is 5.73 Å². The van der Waals surface area contributed by atoms with Crippen LogP contribution < -0.4 is 11.3 Å². The molecule has 2 aliphatic rings. The number of H-pyrrole nitrogens is 1. The van der Waals surface area contributed by atoms with Crippen molar-refractivity contribution in [3.8, 4) is 0 Å². The molecule has 1 aromatic heterocycles. The van der Waals surface area contributed by atoms with Gasteiger partial charge >= 0.3 is 0 Å². The van der Waals surface area contributed by atoms with Crippen LogP contribution in [0.15, 0.2) is 108 Å². The molecule has 3 N–H and O–H groups in total. The van der Waals surface area contributed by atoms with Crippen molar-refractivity contribution in [2.24, 2.45) is 0 Å². The Labute approximate surface area is 216 Å². The summed E-state index contributed by atoms with van der Waals surface area (Å²) in [4.78, 5) is 11.1. The number of rotatable bonds is 2. The van der Waals surface area contributed by atoms with E-state index >= 15 is 0 Å². The van der Waals surface area contributed by atoms with E-state index in [9.17, 15) is 4.79 Å². The van der Waals surface area contributed by atoms with Crippen LogP contribution in [0.25, 0.3) is 27.1 Å². The molecule has 0 atom stereocenters. The predicted octanol–water partition coefficient (Wildman–Crippen LogP) is 6.99. The molecule has 37 heavy (non-hydrogen) atoms. The molecule has 1 heterocycles. The third-order valence-corrected chi connectivity index (χ3v) is 7.41. The van der Waals surface area contributed by atoms with Crippen molar-refractivity contribution in [2.45, 2.75) is 32.1 Å². The van der Waals surface area contributed by atoms with E-state index in [0.29, 0.717) is 5.39 Å². The predicted molar refractivity (Wildman–Crippen MR) is 154 cm³/mol. The van der Waals surface area contributed by atoms with Gasteiger partial charge in [-0.15, -0.1) is 0 Å². The van der Waals surface area contributed by atoms with E-state index in [2.05, 4.69) is 70.9 Å². The summed E-state index contributed by atoms with van der Waals surface area (Å²) in [5, 5.41) is 10.4. The fraction of sp³-hybridized carbons (Fsp3) is 0.152. The topological polar surface area (TPSA) is 71.8 Å². The molecule has 0 unspecified atom stereocenters. The van der Waals surface area contributed by atoms with E-state index in [1.165, 1.54) is 57.9 Å². The molecule has 0 aliphatic heterocycles. The van der Waals surface area contributed by atoms with Gasteiger partial charge in [0.1, 0.15) is 0 Å². The quantitative estimate of drug-likeness (QED) is 0.266. The van der Waals surface area contributed by atoms with Crippen molar-refractivity contribution >= 4 is 32.8 Å². The van der Waals surface area contributed by atoms with E-state index in [1.54, 1.807) is 17.8 Å². The minimum atomic E-state index is -0.136. The summed E-state index contributed by atoms with van der Waals surface area (Å²) >= 11 is 0. The maximum atomic E-state index is 11.1. The van der Waals surface area contributed by atoms with Gasteiger partial charge in [-0.2, -0.15) is 5.10 Å². The number of aromatic nitrogens is 2. The SMILES string of the molecule is Nc1cccc(Cc2cccc3ccc4c(c23)CCC2=C4C=CCC2)c1.O=c1[nH]ncc2ccccc12. The number of nitrogens with two attached hydrogens (primary N) is 1. The molecule has 4 aromatic carbocycles. The number of nitrogens with one attached hydrogen (secondary N) is 1. The Kier molecular flexibility index (Phi) is 6.15. The van der Waals surface area contributed by atoms with Gasteiger partial charge in [0.05, 0.1) is 6.20 Å². The highest BCUT2D eigenvalue weighted by Crippen LogP contribution is 2.41. The van der Waals surface area contributed by atoms with Gasteiger partial charge in [-0.3, -0.25) is 4.79 Å². The highest BCUT2D eigenvalue weighted by atomic mass is 16.1. The first kappa shape index (κ1) is 23.0. The van der Waals surface area contributed by atoms with Gasteiger partial charge in [0.25, 0.3) is 5.56 Å². The number of nitrogens with zero attached hydrogens (tertiary/aromatic N) is 1. The summed E-state index contributed by atoms with van der Waals surface area (Å²) in [6, 6.07) is 27.0. The van der Waals surface area contributed by atoms with Crippen LogP contribution in [-0.4, -0.2) is 10.2 Å². The number of nitrogen functional groups attached to an aromatic ring is 1. The summed E-state index contributed by atoms with van der Waals surface area (Å²) in [6.45, 7) is 0. The minimum Gasteiger partial charge on any atom is -0.399 e. The Balaban J connectivity index is 0.000000191. The second-order valence-corrected chi connectivity index (χ2v) is 9.77. The number of aromatic amines is 1. The average Bonchev–Trinajstić information content (AvgIpc) is 2.93. The van der Waals surface area contributed by atoms with Crippen molar-refractivity contribution in [3.63, 3.8) is 0 Å². The highest BCUT2D eigenvalue weighted by Gasteiger charge is 2.21. The molecule has 4 nitrogen and oxygen atoms in total. The summed E-state index contributed by atoms with van der Waals surface area (Å²) in [7, 11) is 0. The molecular weight excluding hydrogens is 454 g/mol. The Morgan fingerprint density at radius 2 is 1.73 bits per heavy atom. The van der Waals surface area contributed by atoms with Crippen molar-refractivity contribution in [1.29, 1.82) is 0 Å². The van der Waals surface area contributed by atoms with Crippen LogP contribution in [0.1, 0.15) is 41.5 Å². The zero-order valence-corrected chi connectivity index (χ0v) is 20.7. The van der Waals surface area contributed by atoms with Crippen LogP contribution in [0.3, 0.4) is 0 Å². The minimum absolute atomic E-state index is 0.136. The summed E-state index contributed by atoms with van der Waals surface area (Å²) in [5.41, 5.74) is 15.5. The van der Waals surface area contributed by atoms with Crippen LogP contribution in [0.4, 0.5) is 5.69 Å². The average molecular weight is 484 g/mol. The molecule has 2 aliphatic carbocycles. The molecule has 182 valence electrons. The Hall–Kier alpha value is -4.44. The molecule has 0 saturated carbocycles. The van der Waals surface area contributed by atoms with Crippen molar-refractivity contribution in [3.05, 3.63) is 135 Å². The fourth-order valence-electron chi connectivity index (χ4n) is 5.68. The zero-order valence-electron chi connectivity index (χ0n) is 20.7. The third-order valence-electron chi connectivity index (χ3n) is 7.41. The molecule has 4 heteroatoms. The molecule has 0 spiro atoms. The number of hydrogen-bond donors (Lipinski definition) is 2. The standard InChI is InChI=1S/C25H23N.C8H6N2O/c26-21-9-3-5-17(16-21)15-20-8-4-7-19-12-13-23-22-10-2-1-6-18(22)11-14-24(23)25(19)20;11-8-7-4-2-1-3-6(7)5-9-10-8/h2-5,7-10,12-13,16H,1,6,11,14-15,26H2;1-5H,(H,10,11). The van der Waals surface area contributed by atoms with Crippen molar-refractivity contribution in [1.82, 2.24) is 10.2 Å². The first-order chi connectivity index (χ1) is 18.2. The second-order valence-electron chi connectivity index (χ2n) is 9.77. The van der Waals surface area contributed by atoms with Crippen LogP contribution in [0.5, 0.6) is 0 Å². The summed E-state index contributed by atoms with van der Waals surface area (Å²) < 4.78 is 0. The van der Waals surface area contributed by atoms with E-state index < -0.39 is 0 Å². The molecule has 7 rings (SSSR count). The third kappa shape index (κ3) is 4.58. The number of anilines is 1. The molecule has 0 saturated heterocycles. The van der Waals surface area contributed by atoms with Crippen molar-refractivity contribution in [2.75, 3.05) is 5.73 Å². The number of fused-ring (bicyclic) bond motifs is 5. The summed E-state index contributed by atoms with van der Waals surface area (Å²) in [5.74, 6) is 0. The van der Waals surface area contributed by atoms with Gasteiger partial charge in [-0.25, -0.2) is 5.10 Å². The summed E-state index contributed by atoms with van der Waals surface area (Å²) in [6.07, 6.45) is 12.0. The number of benzene rings is 4. The Morgan fingerprint density at radius 3 is 2.62 bits per heavy atom. The number of aryl methyl sites for hydroxylation is 1. The Bertz CT molecular complexity index is 1740. The molecule has 0 bridgehead atoms. The van der Waals surface area contributed by atoms with Crippen LogP contribution in [-0.2, 0) is 12.8 Å². The van der Waals surface area contributed by atoms with Gasteiger partial charge < -0.3 is 5.73 Å². The fourth-order valence-corrected chi connectivity index (χ4v) is 5.68. The lowest BCUT2D eigenvalue weighted by molar-refractivity contribution is 0.830. The number of allylic oxidation sites excluding steroid dienone is 4. The molecule has 0 amide bonds. The molecular formula is C33H29N3O. The van der Waals surface area contributed by atoms with Gasteiger partial charge in [-0.05, 0) is 88.9 Å². The molecule has 5 aromatic rings. The zero-order chi connectivity index (χ0) is 25.2. The van der Waals surface area contributed by atoms with Gasteiger partial charge in [-0.1, -0.05) is 78.4 Å². The monoisotopic (exact) mass is 483 g/mol. The molecule has 0 fully saturated rings. The lowest BCUT2D eigenvalue weighted by Gasteiger charge is -2.26. The van der Waals surface area contributed by atoms with E-state index in [1.807, 2.05) is 24.3 Å². The lowest BCUT2D eigenvalue weighted by Crippen LogP contribution is -2.08. The largest absolute Gasteiger partial charge is 0.399 e. The maximum Gasteiger partial charge on any atom is 0.272 e. The highest BCUT2D eigenvalue weighted by molar-refractivity contribution is 5.96. The van der Waals surface area contributed by atoms with Crippen molar-refractivity contribution < 1.29 is 0 Å². The van der Waals surface area contributed by atoms with Crippen LogP contribution in [0.2, 0.25) is 0 Å². The van der Waals surface area contributed by atoms with Crippen LogP contribution >= 0.6 is 0 Å². The second kappa shape index (κ2) is 9.90. The van der Waals surface area contributed by atoms with Gasteiger partial charge in [0.2, 0.25) is 0 Å². The van der Waals surface area contributed by atoms with Gasteiger partial charge in [0, 0.05) is 16.5 Å². The maximum absolute atomic E-state index is 11.1. The number of hydrogen-bond acceptors (Lipinski definition) is 3.